The van der Waals surface area contributed by atoms with Gasteiger partial charge in [-0.1, -0.05) is 6.92 Å². The standard InChI is InChI=1S/C5H10NO/c1-4-2-5(3-4)7-6/h4-6H,2-3H2,1H3. The van der Waals surface area contributed by atoms with Crippen LogP contribution in [0.4, 0.5) is 0 Å². The lowest BCUT2D eigenvalue weighted by Crippen LogP contribution is -2.28. The van der Waals surface area contributed by atoms with E-state index in [1.165, 1.54) is 0 Å². The Morgan fingerprint density at radius 2 is 2.14 bits per heavy atom. The molecular weight excluding hydrogens is 90.1 g/mol. The lowest BCUT2D eigenvalue weighted by atomic mass is 9.84. The minimum absolute atomic E-state index is 0.259. The van der Waals surface area contributed by atoms with Gasteiger partial charge in [-0.15, -0.1) is 5.90 Å². The van der Waals surface area contributed by atoms with Gasteiger partial charge in [0.25, 0.3) is 0 Å². The molecule has 1 aliphatic rings. The van der Waals surface area contributed by atoms with Crippen LogP contribution in [0, 0.1) is 5.92 Å². The smallest absolute Gasteiger partial charge is 0.0812 e. The third-order valence-corrected chi connectivity index (χ3v) is 1.50. The molecular formula is C5H10NO. The van der Waals surface area contributed by atoms with Crippen LogP contribution in [0.5, 0.6) is 0 Å². The minimum Gasteiger partial charge on any atom is -0.282 e. The molecule has 2 heteroatoms. The molecule has 0 bridgehead atoms. The van der Waals surface area contributed by atoms with Crippen molar-refractivity contribution < 1.29 is 4.84 Å². The highest BCUT2D eigenvalue weighted by Crippen LogP contribution is 2.27. The van der Waals surface area contributed by atoms with E-state index in [1.807, 2.05) is 0 Å². The van der Waals surface area contributed by atoms with Crippen LogP contribution in [0.3, 0.4) is 0 Å². The summed E-state index contributed by atoms with van der Waals surface area (Å²) in [6, 6.07) is 0. The Morgan fingerprint density at radius 1 is 1.57 bits per heavy atom. The van der Waals surface area contributed by atoms with Crippen LogP contribution in [-0.4, -0.2) is 6.10 Å². The normalized spacial score (nSPS) is 40.3. The van der Waals surface area contributed by atoms with Gasteiger partial charge >= 0.3 is 0 Å². The first-order valence-corrected chi connectivity index (χ1v) is 2.65. The first-order chi connectivity index (χ1) is 3.33. The average Bonchev–Trinajstić information content (AvgIpc) is 1.58. The topological polar surface area (TPSA) is 33.0 Å². The van der Waals surface area contributed by atoms with Crippen LogP contribution in [0.25, 0.3) is 0 Å². The van der Waals surface area contributed by atoms with Crippen molar-refractivity contribution in [1.82, 2.24) is 5.90 Å². The number of nitrogens with one attached hydrogen (secondary N) is 1. The van der Waals surface area contributed by atoms with Crippen LogP contribution < -0.4 is 5.90 Å². The van der Waals surface area contributed by atoms with Crippen molar-refractivity contribution in [1.29, 1.82) is 0 Å². The first kappa shape index (κ1) is 5.06. The van der Waals surface area contributed by atoms with Crippen LogP contribution >= 0.6 is 0 Å². The number of hydrogen-bond acceptors (Lipinski definition) is 1. The Bertz CT molecular complexity index is 59.1. The van der Waals surface area contributed by atoms with E-state index in [0.717, 1.165) is 18.8 Å². The van der Waals surface area contributed by atoms with Crippen molar-refractivity contribution in [2.24, 2.45) is 5.92 Å². The lowest BCUT2D eigenvalue weighted by molar-refractivity contribution is -0.0385. The van der Waals surface area contributed by atoms with E-state index in [9.17, 15) is 0 Å². The van der Waals surface area contributed by atoms with Crippen LogP contribution in [0.15, 0.2) is 0 Å². The maximum Gasteiger partial charge on any atom is 0.0812 e. The Morgan fingerprint density at radius 3 is 2.29 bits per heavy atom. The lowest BCUT2D eigenvalue weighted by Gasteiger charge is -2.29. The second-order valence-electron chi connectivity index (χ2n) is 2.32. The number of rotatable bonds is 1. The van der Waals surface area contributed by atoms with Gasteiger partial charge in [-0.3, -0.25) is 4.84 Å². The van der Waals surface area contributed by atoms with Crippen molar-refractivity contribution in [2.75, 3.05) is 0 Å². The highest BCUT2D eigenvalue weighted by atomic mass is 16.6. The summed E-state index contributed by atoms with van der Waals surface area (Å²) in [5.74, 6) is 7.25. The maximum absolute atomic E-state index is 6.45. The van der Waals surface area contributed by atoms with Crippen molar-refractivity contribution in [3.63, 3.8) is 0 Å². The van der Waals surface area contributed by atoms with Gasteiger partial charge in [0.15, 0.2) is 0 Å². The fraction of sp³-hybridized carbons (Fsp3) is 1.00. The van der Waals surface area contributed by atoms with E-state index in [1.54, 1.807) is 0 Å². The maximum atomic E-state index is 6.45. The summed E-state index contributed by atoms with van der Waals surface area (Å²) in [6.45, 7) is 2.18. The zero-order valence-electron chi connectivity index (χ0n) is 4.48. The zero-order chi connectivity index (χ0) is 5.28. The largest absolute Gasteiger partial charge is 0.282 e. The molecule has 0 aromatic rings. The Hall–Kier alpha value is -0.0800. The van der Waals surface area contributed by atoms with Gasteiger partial charge in [0, 0.05) is 0 Å². The monoisotopic (exact) mass is 100 g/mol. The molecule has 0 saturated heterocycles. The molecule has 41 valence electrons. The highest BCUT2D eigenvalue weighted by molar-refractivity contribution is 4.75. The molecule has 1 rings (SSSR count). The van der Waals surface area contributed by atoms with Gasteiger partial charge in [-0.25, -0.2) is 0 Å². The minimum atomic E-state index is 0.259. The molecule has 0 atom stereocenters. The summed E-state index contributed by atoms with van der Waals surface area (Å²) < 4.78 is 0. The Labute approximate surface area is 43.6 Å². The van der Waals surface area contributed by atoms with Crippen molar-refractivity contribution >= 4 is 0 Å². The molecule has 0 aromatic carbocycles. The van der Waals surface area contributed by atoms with Crippen molar-refractivity contribution in [2.45, 2.75) is 25.9 Å². The molecule has 0 heterocycles. The molecule has 1 aliphatic carbocycles. The summed E-state index contributed by atoms with van der Waals surface area (Å²) in [6.07, 6.45) is 2.43. The van der Waals surface area contributed by atoms with Gasteiger partial charge in [-0.2, -0.15) is 0 Å². The molecule has 0 aliphatic heterocycles. The van der Waals surface area contributed by atoms with Crippen LogP contribution in [0.1, 0.15) is 19.8 Å². The second-order valence-corrected chi connectivity index (χ2v) is 2.32. The molecule has 2 nitrogen and oxygen atoms in total. The molecule has 0 aromatic heterocycles. The summed E-state index contributed by atoms with van der Waals surface area (Å²) in [5.41, 5.74) is 0. The van der Waals surface area contributed by atoms with E-state index >= 15 is 0 Å². The molecule has 7 heavy (non-hydrogen) atoms. The number of hydrogen-bond donors (Lipinski definition) is 0. The van der Waals surface area contributed by atoms with Gasteiger partial charge < -0.3 is 0 Å². The van der Waals surface area contributed by atoms with E-state index in [0.29, 0.717) is 0 Å². The van der Waals surface area contributed by atoms with Gasteiger partial charge in [0.1, 0.15) is 0 Å². The SMILES string of the molecule is CC1CC(O[NH])C1. The van der Waals surface area contributed by atoms with Crippen molar-refractivity contribution in [3.05, 3.63) is 0 Å². The molecule has 0 unspecified atom stereocenters. The molecule has 0 amide bonds. The average molecular weight is 100 g/mol. The summed E-state index contributed by atoms with van der Waals surface area (Å²) in [5, 5.41) is 0. The fourth-order valence-electron chi connectivity index (χ4n) is 0.925. The van der Waals surface area contributed by atoms with Crippen LogP contribution in [0.2, 0.25) is 0 Å². The van der Waals surface area contributed by atoms with Gasteiger partial charge in [-0.05, 0) is 18.8 Å². The highest BCUT2D eigenvalue weighted by Gasteiger charge is 2.25. The summed E-state index contributed by atoms with van der Waals surface area (Å²) >= 11 is 0. The third-order valence-electron chi connectivity index (χ3n) is 1.50. The molecule has 1 N–H and O–H groups in total. The Balaban J connectivity index is 2.06. The van der Waals surface area contributed by atoms with Gasteiger partial charge in [0.05, 0.1) is 6.10 Å². The van der Waals surface area contributed by atoms with E-state index < -0.39 is 0 Å². The molecule has 0 spiro atoms. The quantitative estimate of drug-likeness (QED) is 0.452. The summed E-state index contributed by atoms with van der Waals surface area (Å²) in [7, 11) is 0. The molecule has 1 saturated carbocycles. The van der Waals surface area contributed by atoms with Crippen molar-refractivity contribution in [3.8, 4) is 0 Å². The fourth-order valence-corrected chi connectivity index (χ4v) is 0.925. The Kier molecular flexibility index (Phi) is 1.30. The third kappa shape index (κ3) is 0.924. The predicted octanol–water partition coefficient (Wildman–Crippen LogP) is 0.999. The predicted molar refractivity (Wildman–Crippen MR) is 26.4 cm³/mol. The van der Waals surface area contributed by atoms with Gasteiger partial charge in [0.2, 0.25) is 0 Å². The molecule has 1 fully saturated rings. The first-order valence-electron chi connectivity index (χ1n) is 2.65. The molecule has 1 radical (unpaired) electrons. The van der Waals surface area contributed by atoms with E-state index in [-0.39, 0.29) is 6.10 Å². The van der Waals surface area contributed by atoms with Crippen LogP contribution in [-0.2, 0) is 4.84 Å². The van der Waals surface area contributed by atoms with E-state index in [4.69, 9.17) is 5.90 Å². The second kappa shape index (κ2) is 1.80. The summed E-state index contributed by atoms with van der Waals surface area (Å²) in [4.78, 5) is 4.31. The zero-order valence-corrected chi connectivity index (χ0v) is 4.48. The van der Waals surface area contributed by atoms with E-state index in [2.05, 4.69) is 11.8 Å².